The number of hydrogen-bond acceptors (Lipinski definition) is 5. The topological polar surface area (TPSA) is 69.7 Å². The van der Waals surface area contributed by atoms with Gasteiger partial charge in [-0.15, -0.1) is 0 Å². The number of carbonyl (C=O) groups is 3. The van der Waals surface area contributed by atoms with Gasteiger partial charge in [0.25, 0.3) is 0 Å². The SMILES string of the molecule is COc1ccc(C(C)=O)c(OC(=O)CCC(=O)c2ccccc2)c1. The van der Waals surface area contributed by atoms with Crippen molar-refractivity contribution < 1.29 is 23.9 Å². The molecule has 0 unspecified atom stereocenters. The normalized spacial score (nSPS) is 10.1. The van der Waals surface area contributed by atoms with E-state index in [1.807, 2.05) is 6.07 Å². The van der Waals surface area contributed by atoms with Gasteiger partial charge in [0, 0.05) is 18.1 Å². The van der Waals surface area contributed by atoms with Crippen LogP contribution in [0.4, 0.5) is 0 Å². The van der Waals surface area contributed by atoms with E-state index < -0.39 is 5.97 Å². The van der Waals surface area contributed by atoms with Crippen LogP contribution in [0, 0.1) is 0 Å². The fourth-order valence-electron chi connectivity index (χ4n) is 2.16. The molecular weight excluding hydrogens is 308 g/mol. The predicted molar refractivity (Wildman–Crippen MR) is 88.6 cm³/mol. The van der Waals surface area contributed by atoms with Crippen molar-refractivity contribution in [3.8, 4) is 11.5 Å². The number of Topliss-reactive ketones (excluding diaryl/α,β-unsaturated/α-hetero) is 2. The summed E-state index contributed by atoms with van der Waals surface area (Å²) in [5, 5.41) is 0. The van der Waals surface area contributed by atoms with Crippen LogP contribution in [-0.4, -0.2) is 24.6 Å². The second-order valence-electron chi connectivity index (χ2n) is 5.18. The highest BCUT2D eigenvalue weighted by Crippen LogP contribution is 2.25. The maximum Gasteiger partial charge on any atom is 0.311 e. The molecule has 0 aliphatic rings. The van der Waals surface area contributed by atoms with E-state index >= 15 is 0 Å². The van der Waals surface area contributed by atoms with E-state index in [9.17, 15) is 14.4 Å². The van der Waals surface area contributed by atoms with Gasteiger partial charge in [-0.05, 0) is 19.1 Å². The molecule has 2 aromatic rings. The van der Waals surface area contributed by atoms with Gasteiger partial charge >= 0.3 is 5.97 Å². The highest BCUT2D eigenvalue weighted by Gasteiger charge is 2.15. The zero-order chi connectivity index (χ0) is 17.5. The lowest BCUT2D eigenvalue weighted by Gasteiger charge is -2.10. The molecule has 0 heterocycles. The molecule has 0 aliphatic carbocycles. The highest BCUT2D eigenvalue weighted by molar-refractivity contribution is 5.99. The van der Waals surface area contributed by atoms with E-state index in [1.165, 1.54) is 20.1 Å². The Morgan fingerprint density at radius 2 is 1.67 bits per heavy atom. The van der Waals surface area contributed by atoms with Crippen LogP contribution in [0.25, 0.3) is 0 Å². The summed E-state index contributed by atoms with van der Waals surface area (Å²) in [6, 6.07) is 13.4. The van der Waals surface area contributed by atoms with Gasteiger partial charge in [-0.25, -0.2) is 0 Å². The summed E-state index contributed by atoms with van der Waals surface area (Å²) in [4.78, 5) is 35.6. The quantitative estimate of drug-likeness (QED) is 0.443. The third-order valence-electron chi connectivity index (χ3n) is 3.44. The molecule has 0 aliphatic heterocycles. The minimum Gasteiger partial charge on any atom is -0.497 e. The third-order valence-corrected chi connectivity index (χ3v) is 3.44. The van der Waals surface area contributed by atoms with Crippen LogP contribution < -0.4 is 9.47 Å². The minimum atomic E-state index is -0.574. The van der Waals surface area contributed by atoms with E-state index in [-0.39, 0.29) is 30.2 Å². The van der Waals surface area contributed by atoms with Gasteiger partial charge in [-0.3, -0.25) is 14.4 Å². The van der Waals surface area contributed by atoms with E-state index in [2.05, 4.69) is 0 Å². The van der Waals surface area contributed by atoms with Crippen LogP contribution >= 0.6 is 0 Å². The molecule has 0 saturated carbocycles. The van der Waals surface area contributed by atoms with Gasteiger partial charge in [0.05, 0.1) is 19.1 Å². The van der Waals surface area contributed by atoms with E-state index in [0.29, 0.717) is 16.9 Å². The summed E-state index contributed by atoms with van der Waals surface area (Å²) in [5.41, 5.74) is 0.842. The molecule has 0 amide bonds. The lowest BCUT2D eigenvalue weighted by molar-refractivity contribution is -0.134. The first-order chi connectivity index (χ1) is 11.5. The van der Waals surface area contributed by atoms with Gasteiger partial charge in [-0.1, -0.05) is 30.3 Å². The summed E-state index contributed by atoms with van der Waals surface area (Å²) in [5.74, 6) is -0.317. The Morgan fingerprint density at radius 1 is 0.958 bits per heavy atom. The zero-order valence-electron chi connectivity index (χ0n) is 13.6. The number of ketones is 2. The van der Waals surface area contributed by atoms with Crippen molar-refractivity contribution in [3.63, 3.8) is 0 Å². The molecular formula is C19H18O5. The molecule has 0 saturated heterocycles. The molecule has 0 radical (unpaired) electrons. The molecule has 0 aromatic heterocycles. The minimum absolute atomic E-state index is 0.0439. The number of esters is 1. The number of hydrogen-bond donors (Lipinski definition) is 0. The van der Waals surface area contributed by atoms with Crippen LogP contribution in [0.5, 0.6) is 11.5 Å². The average Bonchev–Trinajstić information content (AvgIpc) is 2.60. The van der Waals surface area contributed by atoms with Gasteiger partial charge in [-0.2, -0.15) is 0 Å². The van der Waals surface area contributed by atoms with Crippen molar-refractivity contribution in [2.45, 2.75) is 19.8 Å². The molecule has 0 fully saturated rings. The second kappa shape index (κ2) is 8.06. The van der Waals surface area contributed by atoms with Crippen LogP contribution in [0.1, 0.15) is 40.5 Å². The predicted octanol–water partition coefficient (Wildman–Crippen LogP) is 3.47. The Morgan fingerprint density at radius 3 is 2.29 bits per heavy atom. The Hall–Kier alpha value is -2.95. The largest absolute Gasteiger partial charge is 0.497 e. The molecule has 2 aromatic carbocycles. The van der Waals surface area contributed by atoms with E-state index in [4.69, 9.17) is 9.47 Å². The fourth-order valence-corrected chi connectivity index (χ4v) is 2.16. The van der Waals surface area contributed by atoms with Crippen LogP contribution in [0.15, 0.2) is 48.5 Å². The molecule has 5 nitrogen and oxygen atoms in total. The first kappa shape index (κ1) is 17.4. The molecule has 0 N–H and O–H groups in total. The Kier molecular flexibility index (Phi) is 5.84. The standard InChI is InChI=1S/C19H18O5/c1-13(20)16-9-8-15(23-2)12-18(16)24-19(22)11-10-17(21)14-6-4-3-5-7-14/h3-9,12H,10-11H2,1-2H3. The van der Waals surface area contributed by atoms with Crippen LogP contribution in [0.2, 0.25) is 0 Å². The molecule has 124 valence electrons. The highest BCUT2D eigenvalue weighted by atomic mass is 16.5. The maximum absolute atomic E-state index is 12.0. The fraction of sp³-hybridized carbons (Fsp3) is 0.211. The monoisotopic (exact) mass is 326 g/mol. The first-order valence-corrected chi connectivity index (χ1v) is 7.49. The lowest BCUT2D eigenvalue weighted by Crippen LogP contribution is -2.12. The number of methoxy groups -OCH3 is 1. The summed E-state index contributed by atoms with van der Waals surface area (Å²) >= 11 is 0. The second-order valence-corrected chi connectivity index (χ2v) is 5.18. The zero-order valence-corrected chi connectivity index (χ0v) is 13.6. The smallest absolute Gasteiger partial charge is 0.311 e. The molecule has 5 heteroatoms. The Labute approximate surface area is 140 Å². The number of carbonyl (C=O) groups excluding carboxylic acids is 3. The Balaban J connectivity index is 2.02. The number of benzene rings is 2. The summed E-state index contributed by atoms with van der Waals surface area (Å²) in [6.07, 6.45) is -0.0233. The van der Waals surface area contributed by atoms with Gasteiger partial charge in [0.15, 0.2) is 11.6 Å². The van der Waals surface area contributed by atoms with Gasteiger partial charge in [0.1, 0.15) is 11.5 Å². The molecule has 24 heavy (non-hydrogen) atoms. The summed E-state index contributed by atoms with van der Waals surface area (Å²) in [7, 11) is 1.48. The third kappa shape index (κ3) is 4.52. The van der Waals surface area contributed by atoms with Crippen molar-refractivity contribution >= 4 is 17.5 Å². The lowest BCUT2D eigenvalue weighted by atomic mass is 10.1. The van der Waals surface area contributed by atoms with E-state index in [1.54, 1.807) is 36.4 Å². The van der Waals surface area contributed by atoms with E-state index in [0.717, 1.165) is 0 Å². The van der Waals surface area contributed by atoms with Crippen molar-refractivity contribution in [1.29, 1.82) is 0 Å². The molecule has 0 spiro atoms. The Bertz CT molecular complexity index is 750. The van der Waals surface area contributed by atoms with Crippen LogP contribution in [-0.2, 0) is 4.79 Å². The molecule has 2 rings (SSSR count). The number of rotatable bonds is 7. The maximum atomic E-state index is 12.0. The first-order valence-electron chi connectivity index (χ1n) is 7.49. The summed E-state index contributed by atoms with van der Waals surface area (Å²) in [6.45, 7) is 1.39. The van der Waals surface area contributed by atoms with Gasteiger partial charge in [0.2, 0.25) is 0 Å². The molecule has 0 bridgehead atoms. The molecule has 0 atom stereocenters. The van der Waals surface area contributed by atoms with Crippen molar-refractivity contribution in [1.82, 2.24) is 0 Å². The van der Waals surface area contributed by atoms with Crippen molar-refractivity contribution in [3.05, 3.63) is 59.7 Å². The summed E-state index contributed by atoms with van der Waals surface area (Å²) < 4.78 is 10.3. The van der Waals surface area contributed by atoms with Crippen molar-refractivity contribution in [2.24, 2.45) is 0 Å². The van der Waals surface area contributed by atoms with Crippen LogP contribution in [0.3, 0.4) is 0 Å². The average molecular weight is 326 g/mol. The van der Waals surface area contributed by atoms with Gasteiger partial charge < -0.3 is 9.47 Å². The van der Waals surface area contributed by atoms with Crippen molar-refractivity contribution in [2.75, 3.05) is 7.11 Å². The number of ether oxygens (including phenoxy) is 2.